The number of ether oxygens (including phenoxy) is 1. The van der Waals surface area contributed by atoms with Gasteiger partial charge in [0.25, 0.3) is 0 Å². The molecule has 1 aromatic rings. The second-order valence-corrected chi connectivity index (χ2v) is 2.83. The van der Waals surface area contributed by atoms with Gasteiger partial charge in [-0.2, -0.15) is 0 Å². The number of benzene rings is 1. The van der Waals surface area contributed by atoms with Crippen molar-refractivity contribution in [2.75, 3.05) is 7.11 Å². The number of hydrogen-bond donors (Lipinski definition) is 2. The molecule has 0 aliphatic rings. The molecule has 0 saturated heterocycles. The molecule has 0 heterocycles. The number of carbonyl (C=O) groups is 1. The molecule has 0 unspecified atom stereocenters. The van der Waals surface area contributed by atoms with Crippen molar-refractivity contribution in [2.24, 2.45) is 0 Å². The lowest BCUT2D eigenvalue weighted by molar-refractivity contribution is 0.0600. The number of hydrogen-bond acceptors (Lipinski definition) is 4. The van der Waals surface area contributed by atoms with Crippen LogP contribution in [0.4, 0.5) is 0 Å². The molecule has 0 radical (unpaired) electrons. The predicted molar refractivity (Wildman–Crippen MR) is 57.0 cm³/mol. The van der Waals surface area contributed by atoms with E-state index in [4.69, 9.17) is 16.9 Å². The number of rotatable bonds is 3. The molecule has 5 heteroatoms. The highest BCUT2D eigenvalue weighted by atomic mass is 16.5. The number of aryl methyl sites for hydroxylation is 1. The van der Waals surface area contributed by atoms with Crippen molar-refractivity contribution in [3.8, 4) is 0 Å². The van der Waals surface area contributed by atoms with Gasteiger partial charge in [0.1, 0.15) is 0 Å². The van der Waals surface area contributed by atoms with Crippen molar-refractivity contribution < 1.29 is 26.4 Å². The maximum absolute atomic E-state index is 11.5. The van der Waals surface area contributed by atoms with E-state index in [1.54, 1.807) is 0 Å². The van der Waals surface area contributed by atoms with Crippen LogP contribution >= 0.6 is 0 Å². The fourth-order valence-corrected chi connectivity index (χ4v) is 1.11. The summed E-state index contributed by atoms with van der Waals surface area (Å²) >= 11 is 0. The Morgan fingerprint density at radius 3 is 2.87 bits per heavy atom. The fraction of sp³-hybridized carbons (Fsp3) is 0.300. The molecule has 0 bridgehead atoms. The number of methoxy groups -OCH3 is 1. The Balaban J connectivity index is 3.47. The topological polar surface area (TPSA) is 66.8 Å². The van der Waals surface area contributed by atoms with Crippen molar-refractivity contribution in [1.82, 2.24) is 0 Å². The van der Waals surface area contributed by atoms with Gasteiger partial charge in [-0.15, -0.1) is 0 Å². The van der Waals surface area contributed by atoms with Gasteiger partial charge in [-0.05, 0) is 29.5 Å². The summed E-state index contributed by atoms with van der Waals surface area (Å²) in [6, 6.07) is 3.10. The summed E-state index contributed by atoms with van der Waals surface area (Å²) in [7, 11) is -0.867. The van der Waals surface area contributed by atoms with Gasteiger partial charge in [-0.25, -0.2) is 4.79 Å². The molecular formula is C10H13BO4. The fourth-order valence-electron chi connectivity index (χ4n) is 1.11. The largest absolute Gasteiger partial charge is 0.488 e. The van der Waals surface area contributed by atoms with Crippen LogP contribution in [-0.4, -0.2) is 30.2 Å². The third kappa shape index (κ3) is 2.81. The van der Waals surface area contributed by atoms with Crippen LogP contribution in [0, 0.1) is 0 Å². The first-order valence-corrected chi connectivity index (χ1v) is 4.10. The lowest BCUT2D eigenvalue weighted by atomic mass is 9.78. The Labute approximate surface area is 95.7 Å². The van der Waals surface area contributed by atoms with Crippen LogP contribution in [0.5, 0.6) is 0 Å². The first kappa shape index (κ1) is 6.30. The Hall–Kier alpha value is -1.33. The monoisotopic (exact) mass is 213 g/mol. The van der Waals surface area contributed by atoms with E-state index in [9.17, 15) is 4.79 Å². The van der Waals surface area contributed by atoms with Crippen LogP contribution in [0.3, 0.4) is 0 Å². The third-order valence-electron chi connectivity index (χ3n) is 1.82. The van der Waals surface area contributed by atoms with E-state index < -0.39 is 26.3 Å². The third-order valence-corrected chi connectivity index (χ3v) is 1.82. The van der Waals surface area contributed by atoms with Crippen LogP contribution in [0.25, 0.3) is 0 Å². The molecule has 0 spiro atoms. The Kier molecular flexibility index (Phi) is 2.08. The average Bonchev–Trinajstić information content (AvgIpc) is 2.35. The van der Waals surface area contributed by atoms with Gasteiger partial charge in [0.2, 0.25) is 0 Å². The summed E-state index contributed by atoms with van der Waals surface area (Å²) in [5.74, 6) is -0.838. The molecule has 0 atom stereocenters. The van der Waals surface area contributed by atoms with E-state index in [0.717, 1.165) is 25.3 Å². The molecular weight excluding hydrogens is 195 g/mol. The maximum atomic E-state index is 11.5. The van der Waals surface area contributed by atoms with E-state index in [2.05, 4.69) is 4.74 Å². The molecule has 1 aromatic carbocycles. The summed E-state index contributed by atoms with van der Waals surface area (Å²) in [5.41, 5.74) is -0.722. The molecule has 0 aliphatic heterocycles. The minimum atomic E-state index is -2.97. The van der Waals surface area contributed by atoms with Crippen LogP contribution in [0.15, 0.2) is 18.2 Å². The molecule has 4 nitrogen and oxygen atoms in total. The summed E-state index contributed by atoms with van der Waals surface area (Å²) < 4.78 is 41.3. The summed E-state index contributed by atoms with van der Waals surface area (Å²) in [5, 5.41) is 18.3. The van der Waals surface area contributed by atoms with Crippen LogP contribution in [0.2, 0.25) is 0 Å². The standard InChI is InChI=1S/C10H13BO4/c1-3-7-4-8(10(12)15-2)6-9(5-7)11(13)14/h4-6,13-14H,3H2,1-2H3/i1D3,3D2. The molecule has 1 rings (SSSR count). The summed E-state index contributed by atoms with van der Waals surface area (Å²) in [4.78, 5) is 11.5. The minimum Gasteiger partial charge on any atom is -0.465 e. The zero-order valence-electron chi connectivity index (χ0n) is 13.0. The zero-order valence-corrected chi connectivity index (χ0v) is 8.02. The maximum Gasteiger partial charge on any atom is 0.488 e. The second kappa shape index (κ2) is 4.95. The molecule has 0 aromatic heterocycles. The van der Waals surface area contributed by atoms with E-state index >= 15 is 0 Å². The van der Waals surface area contributed by atoms with Gasteiger partial charge in [0, 0.05) is 6.85 Å². The van der Waals surface area contributed by atoms with Crippen LogP contribution in [0.1, 0.15) is 29.6 Å². The average molecular weight is 213 g/mol. The predicted octanol–water partition coefficient (Wildman–Crippen LogP) is -0.285. The molecule has 0 aliphatic carbocycles. The van der Waals surface area contributed by atoms with Gasteiger partial charge in [0.15, 0.2) is 0 Å². The molecule has 0 fully saturated rings. The Morgan fingerprint density at radius 1 is 1.60 bits per heavy atom. The van der Waals surface area contributed by atoms with Gasteiger partial charge in [-0.1, -0.05) is 12.9 Å². The van der Waals surface area contributed by atoms with E-state index in [1.165, 1.54) is 0 Å². The van der Waals surface area contributed by atoms with Gasteiger partial charge in [0.05, 0.1) is 12.7 Å². The van der Waals surface area contributed by atoms with Gasteiger partial charge in [-0.3, -0.25) is 0 Å². The zero-order chi connectivity index (χ0) is 15.7. The molecule has 15 heavy (non-hydrogen) atoms. The lowest BCUT2D eigenvalue weighted by Gasteiger charge is -2.06. The van der Waals surface area contributed by atoms with Crippen molar-refractivity contribution in [3.63, 3.8) is 0 Å². The van der Waals surface area contributed by atoms with Crippen molar-refractivity contribution >= 4 is 18.6 Å². The smallest absolute Gasteiger partial charge is 0.465 e. The van der Waals surface area contributed by atoms with Crippen molar-refractivity contribution in [1.29, 1.82) is 0 Å². The molecule has 2 N–H and O–H groups in total. The normalized spacial score (nSPS) is 16.6. The molecule has 0 saturated carbocycles. The van der Waals surface area contributed by atoms with E-state index in [0.29, 0.717) is 0 Å². The van der Waals surface area contributed by atoms with Crippen LogP contribution in [-0.2, 0) is 11.1 Å². The lowest BCUT2D eigenvalue weighted by Crippen LogP contribution is -2.31. The first-order valence-electron chi connectivity index (χ1n) is 6.60. The van der Waals surface area contributed by atoms with Crippen molar-refractivity contribution in [2.45, 2.75) is 13.2 Å². The first-order chi connectivity index (χ1) is 9.00. The highest BCUT2D eigenvalue weighted by molar-refractivity contribution is 6.58. The summed E-state index contributed by atoms with van der Waals surface area (Å²) in [6.45, 7) is -2.97. The van der Waals surface area contributed by atoms with Gasteiger partial charge < -0.3 is 14.8 Å². The Morgan fingerprint density at radius 2 is 2.33 bits per heavy atom. The second-order valence-electron chi connectivity index (χ2n) is 2.83. The number of esters is 1. The highest BCUT2D eigenvalue weighted by Gasteiger charge is 2.15. The minimum absolute atomic E-state index is 0.166. The van der Waals surface area contributed by atoms with E-state index in [1.807, 2.05) is 0 Å². The van der Waals surface area contributed by atoms with Gasteiger partial charge >= 0.3 is 13.1 Å². The molecule has 80 valence electrons. The highest BCUT2D eigenvalue weighted by Crippen LogP contribution is 2.06. The number of carbonyl (C=O) groups excluding carboxylic acids is 1. The van der Waals surface area contributed by atoms with Crippen LogP contribution < -0.4 is 5.46 Å². The Bertz CT molecular complexity index is 515. The van der Waals surface area contributed by atoms with Crippen molar-refractivity contribution in [3.05, 3.63) is 29.3 Å². The summed E-state index contributed by atoms with van der Waals surface area (Å²) in [6.07, 6.45) is -2.75. The van der Waals surface area contributed by atoms with E-state index in [-0.39, 0.29) is 16.6 Å². The molecule has 0 amide bonds. The quantitative estimate of drug-likeness (QED) is 0.535. The SMILES string of the molecule is [2H]C([2H])([2H])C([2H])([2H])c1cc(B(O)O)cc(C(=O)OC)c1.